The zero-order valence-corrected chi connectivity index (χ0v) is 15.8. The molecule has 1 saturated carbocycles. The molecule has 1 aliphatic heterocycles. The number of nitrogens with zero attached hydrogens (tertiary/aromatic N) is 2. The molecule has 2 aliphatic rings. The number of hydrogen-bond acceptors (Lipinski definition) is 5. The van der Waals surface area contributed by atoms with Crippen LogP contribution in [0.3, 0.4) is 0 Å². The molecule has 0 radical (unpaired) electrons. The van der Waals surface area contributed by atoms with Crippen LogP contribution in [0.4, 0.5) is 5.69 Å². The number of benzene rings is 1. The van der Waals surface area contributed by atoms with Crippen molar-refractivity contribution in [3.05, 3.63) is 29.8 Å². The van der Waals surface area contributed by atoms with Crippen LogP contribution < -0.4 is 5.32 Å². The fourth-order valence-corrected chi connectivity index (χ4v) is 4.34. The minimum absolute atomic E-state index is 0.0116. The Morgan fingerprint density at radius 3 is 2.70 bits per heavy atom. The summed E-state index contributed by atoms with van der Waals surface area (Å²) in [5, 5.41) is 11.7. The first-order chi connectivity index (χ1) is 13.1. The summed E-state index contributed by atoms with van der Waals surface area (Å²) < 4.78 is 5.19. The largest absolute Gasteiger partial charge is 0.454 e. The van der Waals surface area contributed by atoms with Gasteiger partial charge in [-0.1, -0.05) is 19.8 Å². The Labute approximate surface area is 160 Å². The van der Waals surface area contributed by atoms with Crippen LogP contribution in [0, 0.1) is 23.2 Å². The third-order valence-electron chi connectivity index (χ3n) is 5.87. The second-order valence-electron chi connectivity index (χ2n) is 7.57. The van der Waals surface area contributed by atoms with Crippen molar-refractivity contribution in [3.8, 4) is 6.07 Å². The van der Waals surface area contributed by atoms with E-state index in [2.05, 4.69) is 12.2 Å². The lowest BCUT2D eigenvalue weighted by atomic mass is 9.72. The minimum Gasteiger partial charge on any atom is -0.454 e. The third-order valence-corrected chi connectivity index (χ3v) is 5.87. The van der Waals surface area contributed by atoms with E-state index in [-0.39, 0.29) is 19.1 Å². The van der Waals surface area contributed by atoms with Crippen LogP contribution in [0.1, 0.15) is 44.6 Å². The van der Waals surface area contributed by atoms with E-state index in [0.29, 0.717) is 23.4 Å². The molecule has 1 aliphatic carbocycles. The second kappa shape index (κ2) is 8.90. The molecule has 6 heteroatoms. The lowest BCUT2D eigenvalue weighted by Gasteiger charge is -2.47. The predicted molar refractivity (Wildman–Crippen MR) is 102 cm³/mol. The standard InChI is InChI=1S/C21H27N3O3/c1-15-10-11-24(19-5-3-2-4-18(15)19)20(25)14-27-21(26)13-23-17-8-6-16(12-22)7-9-17/h6-9,15,18-19,23H,2-5,10-11,13-14H2,1H3/t15-,18-,19-/m1/s1. The van der Waals surface area contributed by atoms with Crippen molar-refractivity contribution in [3.63, 3.8) is 0 Å². The molecule has 3 rings (SSSR count). The first-order valence-corrected chi connectivity index (χ1v) is 9.77. The molecule has 6 nitrogen and oxygen atoms in total. The highest BCUT2D eigenvalue weighted by atomic mass is 16.5. The molecule has 1 amide bonds. The van der Waals surface area contributed by atoms with Crippen LogP contribution in [-0.4, -0.2) is 42.5 Å². The van der Waals surface area contributed by atoms with Crippen molar-refractivity contribution >= 4 is 17.6 Å². The van der Waals surface area contributed by atoms with E-state index >= 15 is 0 Å². The van der Waals surface area contributed by atoms with E-state index in [1.54, 1.807) is 24.3 Å². The molecule has 1 N–H and O–H groups in total. The van der Waals surface area contributed by atoms with Gasteiger partial charge in [-0.25, -0.2) is 0 Å². The van der Waals surface area contributed by atoms with Crippen molar-refractivity contribution in [1.82, 2.24) is 4.90 Å². The number of esters is 1. The molecule has 0 bridgehead atoms. The maximum absolute atomic E-state index is 12.6. The highest BCUT2D eigenvalue weighted by Gasteiger charge is 2.39. The summed E-state index contributed by atoms with van der Waals surface area (Å²) >= 11 is 0. The normalized spacial score (nSPS) is 24.4. The maximum atomic E-state index is 12.6. The van der Waals surface area contributed by atoms with E-state index in [1.807, 2.05) is 11.0 Å². The Kier molecular flexibility index (Phi) is 6.33. The number of fused-ring (bicyclic) bond motifs is 1. The van der Waals surface area contributed by atoms with Gasteiger partial charge in [0.25, 0.3) is 5.91 Å². The molecular weight excluding hydrogens is 342 g/mol. The van der Waals surface area contributed by atoms with E-state index in [9.17, 15) is 9.59 Å². The average Bonchev–Trinajstić information content (AvgIpc) is 2.71. The summed E-state index contributed by atoms with van der Waals surface area (Å²) in [4.78, 5) is 26.5. The molecule has 1 aromatic carbocycles. The van der Waals surface area contributed by atoms with Gasteiger partial charge in [-0.15, -0.1) is 0 Å². The minimum atomic E-state index is -0.460. The number of rotatable bonds is 5. The number of nitriles is 1. The predicted octanol–water partition coefficient (Wildman–Crippen LogP) is 2.94. The number of carbonyl (C=O) groups is 2. The Balaban J connectivity index is 1.45. The van der Waals surface area contributed by atoms with Crippen LogP contribution in [0.25, 0.3) is 0 Å². The van der Waals surface area contributed by atoms with E-state index in [4.69, 9.17) is 10.00 Å². The number of likely N-dealkylation sites (tertiary alicyclic amines) is 1. The van der Waals surface area contributed by atoms with Gasteiger partial charge in [0.05, 0.1) is 11.6 Å². The van der Waals surface area contributed by atoms with Crippen LogP contribution >= 0.6 is 0 Å². The molecule has 0 spiro atoms. The number of ether oxygens (including phenoxy) is 1. The van der Waals surface area contributed by atoms with Crippen LogP contribution in [0.15, 0.2) is 24.3 Å². The van der Waals surface area contributed by atoms with E-state index in [1.165, 1.54) is 19.3 Å². The molecule has 3 atom stereocenters. The Bertz CT molecular complexity index is 710. The molecule has 1 heterocycles. The van der Waals surface area contributed by atoms with Gasteiger partial charge in [0, 0.05) is 18.3 Å². The van der Waals surface area contributed by atoms with Crippen LogP contribution in [-0.2, 0) is 14.3 Å². The molecule has 27 heavy (non-hydrogen) atoms. The van der Waals surface area contributed by atoms with Crippen molar-refractivity contribution in [2.24, 2.45) is 11.8 Å². The Morgan fingerprint density at radius 2 is 1.96 bits per heavy atom. The van der Waals surface area contributed by atoms with Crippen LogP contribution in [0.2, 0.25) is 0 Å². The summed E-state index contributed by atoms with van der Waals surface area (Å²) in [6.07, 6.45) is 5.72. The summed E-state index contributed by atoms with van der Waals surface area (Å²) in [6.45, 7) is 2.86. The Morgan fingerprint density at radius 1 is 1.22 bits per heavy atom. The second-order valence-corrected chi connectivity index (χ2v) is 7.57. The van der Waals surface area contributed by atoms with Gasteiger partial charge in [0.1, 0.15) is 6.54 Å². The summed E-state index contributed by atoms with van der Waals surface area (Å²) in [6, 6.07) is 9.17. The summed E-state index contributed by atoms with van der Waals surface area (Å²) in [7, 11) is 0. The zero-order chi connectivity index (χ0) is 19.2. The summed E-state index contributed by atoms with van der Waals surface area (Å²) in [5.41, 5.74) is 1.29. The van der Waals surface area contributed by atoms with E-state index in [0.717, 1.165) is 25.1 Å². The van der Waals surface area contributed by atoms with Crippen molar-refractivity contribution in [2.45, 2.75) is 45.1 Å². The zero-order valence-electron chi connectivity index (χ0n) is 15.8. The van der Waals surface area contributed by atoms with Gasteiger partial charge in [-0.2, -0.15) is 5.26 Å². The van der Waals surface area contributed by atoms with Crippen molar-refractivity contribution in [2.75, 3.05) is 25.0 Å². The fraction of sp³-hybridized carbons (Fsp3) is 0.571. The number of anilines is 1. The van der Waals surface area contributed by atoms with Crippen LogP contribution in [0.5, 0.6) is 0 Å². The molecule has 0 aromatic heterocycles. The smallest absolute Gasteiger partial charge is 0.325 e. The van der Waals surface area contributed by atoms with Gasteiger partial charge < -0.3 is 15.0 Å². The highest BCUT2D eigenvalue weighted by molar-refractivity contribution is 5.82. The number of piperidine rings is 1. The quantitative estimate of drug-likeness (QED) is 0.807. The SMILES string of the molecule is C[C@@H]1CCN(C(=O)COC(=O)CNc2ccc(C#N)cc2)[C@@H]2CCCC[C@H]12. The van der Waals surface area contributed by atoms with Gasteiger partial charge in [-0.3, -0.25) is 9.59 Å². The molecule has 2 fully saturated rings. The maximum Gasteiger partial charge on any atom is 0.325 e. The lowest BCUT2D eigenvalue weighted by Crippen LogP contribution is -2.53. The fourth-order valence-electron chi connectivity index (χ4n) is 4.34. The van der Waals surface area contributed by atoms with E-state index < -0.39 is 5.97 Å². The number of amides is 1. The first-order valence-electron chi connectivity index (χ1n) is 9.77. The number of hydrogen-bond donors (Lipinski definition) is 1. The van der Waals surface area contributed by atoms with Gasteiger partial charge >= 0.3 is 5.97 Å². The highest BCUT2D eigenvalue weighted by Crippen LogP contribution is 2.38. The average molecular weight is 369 g/mol. The lowest BCUT2D eigenvalue weighted by molar-refractivity contribution is -0.154. The molecule has 1 saturated heterocycles. The molecule has 0 unspecified atom stereocenters. The van der Waals surface area contributed by atoms with Crippen molar-refractivity contribution < 1.29 is 14.3 Å². The Hall–Kier alpha value is -2.55. The van der Waals surface area contributed by atoms with Crippen molar-refractivity contribution in [1.29, 1.82) is 5.26 Å². The van der Waals surface area contributed by atoms with Gasteiger partial charge in [0.15, 0.2) is 6.61 Å². The molecule has 144 valence electrons. The molecule has 1 aromatic rings. The molecular formula is C21H27N3O3. The van der Waals surface area contributed by atoms with Gasteiger partial charge in [-0.05, 0) is 55.4 Å². The summed E-state index contributed by atoms with van der Waals surface area (Å²) in [5.74, 6) is 0.715. The number of carbonyl (C=O) groups excluding carboxylic acids is 2. The number of nitrogens with one attached hydrogen (secondary N) is 1. The topological polar surface area (TPSA) is 82.4 Å². The van der Waals surface area contributed by atoms with Gasteiger partial charge in [0.2, 0.25) is 0 Å². The first kappa shape index (κ1) is 19.2. The third kappa shape index (κ3) is 4.79. The monoisotopic (exact) mass is 369 g/mol.